The third-order valence-electron chi connectivity index (χ3n) is 0. The fourth-order valence-electron chi connectivity index (χ4n) is 0. The predicted molar refractivity (Wildman–Crippen MR) is 45.8 cm³/mol. The number of carboxylic acid groups (broad SMARTS) is 4. The molecule has 0 unspecified atom stereocenters. The summed E-state index contributed by atoms with van der Waals surface area (Å²) in [5.41, 5.74) is 0. The van der Waals surface area contributed by atoms with E-state index in [1.54, 1.807) is 0 Å². The smallest absolute Gasteiger partial charge is 1.00 e. The molecule has 0 saturated heterocycles. The molecule has 0 aliphatic rings. The molecule has 0 aliphatic carbocycles. The quantitative estimate of drug-likeness (QED) is 0.194. The van der Waals surface area contributed by atoms with Gasteiger partial charge < -0.3 is 51.8 Å². The Morgan fingerprint density at radius 2 is 0.267 bits per heavy atom. The molecule has 0 fully saturated rings. The molecule has 28 heteroatoms. The van der Waals surface area contributed by atoms with Crippen molar-refractivity contribution in [3.05, 3.63) is 0 Å². The van der Waals surface area contributed by atoms with Crippen LogP contribution in [-0.2, 0) is 0 Å². The Morgan fingerprint density at radius 3 is 0.267 bits per heavy atom. The normalized spacial score (nSPS) is 1.60. The standard InChI is InChI=1S/2CH2O3.22Na.22H/c2*2-1(3)4;;;;;;;;;;;;;;;;;;;;;;;;;;;;;;;;;;;;;;;;;;;;/h2*(H2,2,3,4);;;;;;;;;;;;;;;;;;;;;;;;;;;;;;;;;;;;;;;;;;;;/q;;22*+1;22*-1. The average Bonchev–Trinajstić information content (AvgIpc) is 1.25. The minimum absolute atomic E-state index is 0. The maximum Gasteiger partial charge on any atom is 1.00 e. The molecule has 0 aliphatic heterocycles. The van der Waals surface area contributed by atoms with Gasteiger partial charge in [0.1, 0.15) is 0 Å². The first kappa shape index (κ1) is 176. The van der Waals surface area contributed by atoms with Crippen LogP contribution in [0.15, 0.2) is 0 Å². The van der Waals surface area contributed by atoms with E-state index in [1.165, 1.54) is 0 Å². The summed E-state index contributed by atoms with van der Waals surface area (Å²) in [7, 11) is 0. The Balaban J connectivity index is -0.000000000170. The molecular formula is C2H26Na22O6. The van der Waals surface area contributed by atoms with Crippen LogP contribution in [-0.4, -0.2) is 32.7 Å². The Labute approximate surface area is 701 Å². The van der Waals surface area contributed by atoms with Gasteiger partial charge in [-0.3, -0.25) is 0 Å². The van der Waals surface area contributed by atoms with Crippen LogP contribution >= 0.6 is 0 Å². The number of hydrogen-bond acceptors (Lipinski definition) is 2. The summed E-state index contributed by atoms with van der Waals surface area (Å²) in [4.78, 5) is 17.1. The average molecular weight is 652 g/mol. The van der Waals surface area contributed by atoms with Crippen molar-refractivity contribution in [3.63, 3.8) is 0 Å². The van der Waals surface area contributed by atoms with E-state index in [-0.39, 0.29) is 682 Å². The molecule has 0 radical (unpaired) electrons. The molecule has 0 bridgehead atoms. The summed E-state index contributed by atoms with van der Waals surface area (Å²) in [5.74, 6) is 0. The maximum atomic E-state index is 8.56. The number of hydrogen-bond donors (Lipinski definition) is 4. The van der Waals surface area contributed by atoms with Crippen LogP contribution in [0.4, 0.5) is 9.59 Å². The van der Waals surface area contributed by atoms with Gasteiger partial charge in [-0.25, -0.2) is 9.59 Å². The molecule has 30 heavy (non-hydrogen) atoms. The monoisotopic (exact) mass is 652 g/mol. The third kappa shape index (κ3) is 260. The van der Waals surface area contributed by atoms with Crippen LogP contribution in [0, 0.1) is 0 Å². The van der Waals surface area contributed by atoms with E-state index in [4.69, 9.17) is 30.0 Å². The fourth-order valence-corrected chi connectivity index (χ4v) is 0. The second kappa shape index (κ2) is 166. The van der Waals surface area contributed by atoms with Gasteiger partial charge in [0.15, 0.2) is 0 Å². The van der Waals surface area contributed by atoms with E-state index in [0.29, 0.717) is 0 Å². The van der Waals surface area contributed by atoms with Crippen molar-refractivity contribution in [2.24, 2.45) is 0 Å². The first-order chi connectivity index (χ1) is 3.46. The topological polar surface area (TPSA) is 115 Å². The molecule has 92 valence electrons. The molecule has 6 nitrogen and oxygen atoms in total. The molecule has 0 atom stereocenters. The SMILES string of the molecule is O=C(O)O.O=C(O)O.[H-].[H-].[H-].[H-].[H-].[H-].[H-].[H-].[H-].[H-].[H-].[H-].[H-].[H-].[H-].[H-].[H-].[H-].[H-].[H-].[H-].[H-].[Na+].[Na+].[Na+].[Na+].[Na+].[Na+].[Na+].[Na+].[Na+].[Na+].[Na+].[Na+].[Na+].[Na+].[Na+].[Na+].[Na+].[Na+].[Na+].[Na+].[Na+].[Na+]. The molecule has 0 saturated carbocycles. The molecule has 0 heterocycles. The second-order valence-electron chi connectivity index (χ2n) is 0.565. The van der Waals surface area contributed by atoms with E-state index in [0.717, 1.165) is 0 Å². The Bertz CT molecular complexity index is 141. The maximum absolute atomic E-state index is 8.56. The van der Waals surface area contributed by atoms with Crippen LogP contribution < -0.4 is 650 Å². The van der Waals surface area contributed by atoms with Gasteiger partial charge in [0.25, 0.3) is 0 Å². The van der Waals surface area contributed by atoms with Crippen molar-refractivity contribution in [2.75, 3.05) is 0 Å². The minimum atomic E-state index is -1.83. The Kier molecular flexibility index (Phi) is 973. The minimum Gasteiger partial charge on any atom is -1.00 e. The molecule has 4 N–H and O–H groups in total. The zero-order valence-corrected chi connectivity index (χ0v) is 69.6. The van der Waals surface area contributed by atoms with Crippen molar-refractivity contribution >= 4 is 12.3 Å². The summed E-state index contributed by atoms with van der Waals surface area (Å²) in [6.45, 7) is 0. The molecule has 0 aromatic heterocycles. The van der Waals surface area contributed by atoms with Gasteiger partial charge in [-0.1, -0.05) is 0 Å². The van der Waals surface area contributed by atoms with Crippen LogP contribution in [0.5, 0.6) is 0 Å². The summed E-state index contributed by atoms with van der Waals surface area (Å²) >= 11 is 0. The summed E-state index contributed by atoms with van der Waals surface area (Å²) in [6.07, 6.45) is -3.67. The van der Waals surface area contributed by atoms with Gasteiger partial charge in [0.2, 0.25) is 0 Å². The van der Waals surface area contributed by atoms with Gasteiger partial charge in [-0.05, 0) is 0 Å². The fraction of sp³-hybridized carbons (Fsp3) is 0. The van der Waals surface area contributed by atoms with Gasteiger partial charge in [0.05, 0.1) is 0 Å². The summed E-state index contributed by atoms with van der Waals surface area (Å²) < 4.78 is 0. The first-order valence-electron chi connectivity index (χ1n) is 1.30. The largest absolute Gasteiger partial charge is 1.00 e. The van der Waals surface area contributed by atoms with Crippen molar-refractivity contribution in [1.29, 1.82) is 0 Å². The van der Waals surface area contributed by atoms with Crippen molar-refractivity contribution in [2.45, 2.75) is 0 Å². The van der Waals surface area contributed by atoms with E-state index >= 15 is 0 Å². The van der Waals surface area contributed by atoms with Crippen molar-refractivity contribution in [1.82, 2.24) is 0 Å². The van der Waals surface area contributed by atoms with Gasteiger partial charge in [0, 0.05) is 0 Å². The molecule has 0 aromatic carbocycles. The first-order valence-corrected chi connectivity index (χ1v) is 1.30. The van der Waals surface area contributed by atoms with E-state index in [2.05, 4.69) is 0 Å². The van der Waals surface area contributed by atoms with Crippen molar-refractivity contribution < 1.29 is 712 Å². The van der Waals surface area contributed by atoms with E-state index < -0.39 is 12.3 Å². The van der Waals surface area contributed by atoms with Crippen LogP contribution in [0.1, 0.15) is 31.4 Å². The Morgan fingerprint density at radius 1 is 0.267 bits per heavy atom. The summed E-state index contributed by atoms with van der Waals surface area (Å²) in [6, 6.07) is 0. The summed E-state index contributed by atoms with van der Waals surface area (Å²) in [5, 5.41) is 27.9. The van der Waals surface area contributed by atoms with E-state index in [9.17, 15) is 0 Å². The number of carbonyl (C=O) groups is 2. The number of rotatable bonds is 0. The van der Waals surface area contributed by atoms with Crippen LogP contribution in [0.25, 0.3) is 0 Å². The molecular weight excluding hydrogens is 626 g/mol. The van der Waals surface area contributed by atoms with Crippen LogP contribution in [0.2, 0.25) is 0 Å². The van der Waals surface area contributed by atoms with Gasteiger partial charge in [-0.15, -0.1) is 0 Å². The van der Waals surface area contributed by atoms with Gasteiger partial charge >= 0.3 is 663 Å². The Hall–Kier alpha value is 20.5. The molecule has 0 spiro atoms. The van der Waals surface area contributed by atoms with Crippen molar-refractivity contribution in [3.8, 4) is 0 Å². The zero-order valence-electron chi connectivity index (χ0n) is 47.6. The predicted octanol–water partition coefficient (Wildman–Crippen LogP) is -63.0. The zero-order chi connectivity index (χ0) is 7.15. The molecule has 0 amide bonds. The molecule has 0 rings (SSSR count). The van der Waals surface area contributed by atoms with Gasteiger partial charge in [-0.2, -0.15) is 0 Å². The van der Waals surface area contributed by atoms with Crippen LogP contribution in [0.3, 0.4) is 0 Å². The van der Waals surface area contributed by atoms with E-state index in [1.807, 2.05) is 0 Å². The second-order valence-corrected chi connectivity index (χ2v) is 0.565. The molecule has 0 aromatic rings. The third-order valence-corrected chi connectivity index (χ3v) is 0.